The molecule has 0 radical (unpaired) electrons. The average molecular weight is 141 g/mol. The van der Waals surface area contributed by atoms with E-state index < -0.39 is 12.2 Å². The number of aliphatic hydroxyl groups excluding tert-OH is 1. The molecule has 0 aliphatic carbocycles. The van der Waals surface area contributed by atoms with Crippen LogP contribution in [0.25, 0.3) is 0 Å². The first-order valence-electron chi connectivity index (χ1n) is 2.96. The molecular weight excluding hydrogens is 130 g/mol. The first kappa shape index (κ1) is 9.15. The third kappa shape index (κ3) is 2.62. The molecule has 0 amide bonds. The molecular formula is C7H11NO2. The summed E-state index contributed by atoms with van der Waals surface area (Å²) in [4.78, 5) is 0. The maximum atomic E-state index is 9.09. The van der Waals surface area contributed by atoms with Crippen molar-refractivity contribution in [3.63, 3.8) is 0 Å². The van der Waals surface area contributed by atoms with Gasteiger partial charge in [-0.3, -0.25) is 0 Å². The lowest BCUT2D eigenvalue weighted by molar-refractivity contribution is 0.0201. The fourth-order valence-corrected chi connectivity index (χ4v) is 0.620. The van der Waals surface area contributed by atoms with Crippen molar-refractivity contribution >= 4 is 0 Å². The highest BCUT2D eigenvalue weighted by Gasteiger charge is 2.13. The lowest BCUT2D eigenvalue weighted by atomic mass is 10.1. The summed E-state index contributed by atoms with van der Waals surface area (Å²) in [6, 6.07) is 1.84. The first-order chi connectivity index (χ1) is 4.76. The molecule has 0 bridgehead atoms. The zero-order valence-electron chi connectivity index (χ0n) is 5.95. The number of rotatable bonds is 4. The summed E-state index contributed by atoms with van der Waals surface area (Å²) >= 11 is 0. The standard InChI is InChI=1S/C7H11NO2/c1-3-7(10-2)6(9)4-5-8/h3,6-7,9H,1,4H2,2H3. The van der Waals surface area contributed by atoms with E-state index in [4.69, 9.17) is 15.1 Å². The van der Waals surface area contributed by atoms with Crippen LogP contribution in [0.1, 0.15) is 6.42 Å². The van der Waals surface area contributed by atoms with Crippen LogP contribution in [0.15, 0.2) is 12.7 Å². The predicted molar refractivity (Wildman–Crippen MR) is 37.2 cm³/mol. The van der Waals surface area contributed by atoms with Crippen molar-refractivity contribution in [1.29, 1.82) is 5.26 Å². The van der Waals surface area contributed by atoms with Crippen LogP contribution >= 0.6 is 0 Å². The van der Waals surface area contributed by atoms with E-state index in [0.717, 1.165) is 0 Å². The molecule has 0 aromatic heterocycles. The summed E-state index contributed by atoms with van der Waals surface area (Å²) in [7, 11) is 1.47. The third-order valence-electron chi connectivity index (χ3n) is 1.18. The Morgan fingerprint density at radius 1 is 1.90 bits per heavy atom. The normalized spacial score (nSPS) is 15.3. The van der Waals surface area contributed by atoms with Gasteiger partial charge in [-0.05, 0) is 0 Å². The summed E-state index contributed by atoms with van der Waals surface area (Å²) in [6.45, 7) is 3.44. The van der Waals surface area contributed by atoms with Crippen LogP contribution in [0.2, 0.25) is 0 Å². The molecule has 3 heteroatoms. The summed E-state index contributed by atoms with van der Waals surface area (Å²) < 4.78 is 4.79. The van der Waals surface area contributed by atoms with E-state index in [1.165, 1.54) is 13.2 Å². The number of nitrogens with zero attached hydrogens (tertiary/aromatic N) is 1. The van der Waals surface area contributed by atoms with Crippen molar-refractivity contribution in [3.8, 4) is 6.07 Å². The molecule has 0 fully saturated rings. The van der Waals surface area contributed by atoms with Gasteiger partial charge in [0.2, 0.25) is 0 Å². The van der Waals surface area contributed by atoms with Gasteiger partial charge in [-0.15, -0.1) is 6.58 Å². The second-order valence-corrected chi connectivity index (χ2v) is 1.87. The molecule has 1 N–H and O–H groups in total. The monoisotopic (exact) mass is 141 g/mol. The van der Waals surface area contributed by atoms with Gasteiger partial charge in [0, 0.05) is 7.11 Å². The van der Waals surface area contributed by atoms with Gasteiger partial charge in [0.05, 0.1) is 18.6 Å². The summed E-state index contributed by atoms with van der Waals surface area (Å²) in [5, 5.41) is 17.3. The van der Waals surface area contributed by atoms with Crippen molar-refractivity contribution in [1.82, 2.24) is 0 Å². The van der Waals surface area contributed by atoms with Gasteiger partial charge in [0.1, 0.15) is 6.10 Å². The zero-order chi connectivity index (χ0) is 7.98. The van der Waals surface area contributed by atoms with E-state index in [2.05, 4.69) is 6.58 Å². The minimum absolute atomic E-state index is 0.0739. The van der Waals surface area contributed by atoms with Crippen molar-refractivity contribution in [3.05, 3.63) is 12.7 Å². The van der Waals surface area contributed by atoms with Crippen molar-refractivity contribution in [2.75, 3.05) is 7.11 Å². The van der Waals surface area contributed by atoms with Gasteiger partial charge in [-0.2, -0.15) is 5.26 Å². The molecule has 0 rings (SSSR count). The molecule has 2 atom stereocenters. The maximum absolute atomic E-state index is 9.09. The Balaban J connectivity index is 3.78. The molecule has 0 aliphatic heterocycles. The van der Waals surface area contributed by atoms with E-state index in [9.17, 15) is 0 Å². The van der Waals surface area contributed by atoms with E-state index in [-0.39, 0.29) is 6.42 Å². The molecule has 0 aromatic rings. The Kier molecular flexibility index (Phi) is 4.55. The molecule has 0 spiro atoms. The number of methoxy groups -OCH3 is 1. The van der Waals surface area contributed by atoms with Gasteiger partial charge in [-0.25, -0.2) is 0 Å². The zero-order valence-corrected chi connectivity index (χ0v) is 5.95. The van der Waals surface area contributed by atoms with Crippen LogP contribution in [-0.2, 0) is 4.74 Å². The smallest absolute Gasteiger partial charge is 0.102 e. The topological polar surface area (TPSA) is 53.2 Å². The predicted octanol–water partition coefficient (Wildman–Crippen LogP) is 0.462. The number of ether oxygens (including phenoxy) is 1. The van der Waals surface area contributed by atoms with Gasteiger partial charge >= 0.3 is 0 Å². The lowest BCUT2D eigenvalue weighted by Gasteiger charge is -2.14. The molecule has 3 nitrogen and oxygen atoms in total. The minimum atomic E-state index is -0.757. The fraction of sp³-hybridized carbons (Fsp3) is 0.571. The highest BCUT2D eigenvalue weighted by molar-refractivity contribution is 4.90. The summed E-state index contributed by atoms with van der Waals surface area (Å²) in [6.07, 6.45) is 0.360. The number of nitriles is 1. The van der Waals surface area contributed by atoms with Crippen molar-refractivity contribution in [2.45, 2.75) is 18.6 Å². The van der Waals surface area contributed by atoms with Crippen LogP contribution in [0.3, 0.4) is 0 Å². The SMILES string of the molecule is C=CC(OC)C(O)CC#N. The third-order valence-corrected chi connectivity index (χ3v) is 1.18. The maximum Gasteiger partial charge on any atom is 0.102 e. The minimum Gasteiger partial charge on any atom is -0.389 e. The molecule has 2 unspecified atom stereocenters. The van der Waals surface area contributed by atoms with Gasteiger partial charge < -0.3 is 9.84 Å². The molecule has 0 aliphatic rings. The number of hydrogen-bond donors (Lipinski definition) is 1. The Hall–Kier alpha value is -0.850. The quantitative estimate of drug-likeness (QED) is 0.579. The Labute approximate surface area is 60.5 Å². The molecule has 0 heterocycles. The second kappa shape index (κ2) is 4.98. The molecule has 0 aromatic carbocycles. The van der Waals surface area contributed by atoms with Crippen LogP contribution in [-0.4, -0.2) is 24.4 Å². The lowest BCUT2D eigenvalue weighted by Crippen LogP contribution is -2.24. The average Bonchev–Trinajstić information content (AvgIpc) is 1.91. The van der Waals surface area contributed by atoms with E-state index in [1.54, 1.807) is 0 Å². The van der Waals surface area contributed by atoms with Crippen LogP contribution in [0.4, 0.5) is 0 Å². The highest BCUT2D eigenvalue weighted by Crippen LogP contribution is 2.02. The van der Waals surface area contributed by atoms with Gasteiger partial charge in [0.15, 0.2) is 0 Å². The largest absolute Gasteiger partial charge is 0.389 e. The van der Waals surface area contributed by atoms with Gasteiger partial charge in [-0.1, -0.05) is 6.08 Å². The highest BCUT2D eigenvalue weighted by atomic mass is 16.5. The van der Waals surface area contributed by atoms with Crippen molar-refractivity contribution in [2.24, 2.45) is 0 Å². The Bertz CT molecular complexity index is 139. The van der Waals surface area contributed by atoms with Crippen LogP contribution in [0, 0.1) is 11.3 Å². The fourth-order valence-electron chi connectivity index (χ4n) is 0.620. The molecule has 10 heavy (non-hydrogen) atoms. The van der Waals surface area contributed by atoms with E-state index in [0.29, 0.717) is 0 Å². The summed E-state index contributed by atoms with van der Waals surface area (Å²) in [5.41, 5.74) is 0. The second-order valence-electron chi connectivity index (χ2n) is 1.87. The Morgan fingerprint density at radius 3 is 2.80 bits per heavy atom. The van der Waals surface area contributed by atoms with E-state index >= 15 is 0 Å². The van der Waals surface area contributed by atoms with Crippen molar-refractivity contribution < 1.29 is 9.84 Å². The Morgan fingerprint density at radius 2 is 2.50 bits per heavy atom. The van der Waals surface area contributed by atoms with Crippen LogP contribution in [0.5, 0.6) is 0 Å². The van der Waals surface area contributed by atoms with E-state index in [1.807, 2.05) is 6.07 Å². The molecule has 0 saturated carbocycles. The van der Waals surface area contributed by atoms with Crippen LogP contribution < -0.4 is 0 Å². The number of aliphatic hydroxyl groups is 1. The molecule has 56 valence electrons. The van der Waals surface area contributed by atoms with Gasteiger partial charge in [0.25, 0.3) is 0 Å². The summed E-state index contributed by atoms with van der Waals surface area (Å²) in [5.74, 6) is 0. The first-order valence-corrected chi connectivity index (χ1v) is 2.96. The molecule has 0 saturated heterocycles. The number of hydrogen-bond acceptors (Lipinski definition) is 3.